The van der Waals surface area contributed by atoms with Gasteiger partial charge in [-0.2, -0.15) is 0 Å². The summed E-state index contributed by atoms with van der Waals surface area (Å²) in [5, 5.41) is 5.11. The zero-order valence-corrected chi connectivity index (χ0v) is 19.4. The van der Waals surface area contributed by atoms with Crippen LogP contribution in [0.4, 0.5) is 9.59 Å². The smallest absolute Gasteiger partial charge is 0.426 e. The van der Waals surface area contributed by atoms with Crippen molar-refractivity contribution in [2.45, 2.75) is 45.4 Å². The number of benzene rings is 2. The third-order valence-corrected chi connectivity index (χ3v) is 4.24. The van der Waals surface area contributed by atoms with E-state index in [9.17, 15) is 19.2 Å². The molecule has 0 heterocycles. The van der Waals surface area contributed by atoms with Gasteiger partial charge in [0.2, 0.25) is 0 Å². The predicted molar refractivity (Wildman–Crippen MR) is 124 cm³/mol. The van der Waals surface area contributed by atoms with Gasteiger partial charge in [-0.25, -0.2) is 15.0 Å². The van der Waals surface area contributed by atoms with Gasteiger partial charge in [-0.3, -0.25) is 15.0 Å². The van der Waals surface area contributed by atoms with E-state index in [1.54, 1.807) is 45.0 Å². The van der Waals surface area contributed by atoms with E-state index in [1.165, 1.54) is 0 Å². The van der Waals surface area contributed by atoms with Crippen molar-refractivity contribution in [3.05, 3.63) is 71.8 Å². The summed E-state index contributed by atoms with van der Waals surface area (Å²) in [7, 11) is 0. The fourth-order valence-electron chi connectivity index (χ4n) is 2.72. The highest BCUT2D eigenvalue weighted by Gasteiger charge is 2.25. The monoisotopic (exact) mass is 470 g/mol. The molecule has 0 spiro atoms. The highest BCUT2D eigenvalue weighted by atomic mass is 16.6. The summed E-state index contributed by atoms with van der Waals surface area (Å²) in [6.45, 7) is 4.86. The SMILES string of the molecule is CC(C)(C)OC(=O)N[C@@H](Cc1ccccc1)C(=O)NNC(=O)OCC(=O)NCc1ccccc1. The molecule has 0 saturated carbocycles. The van der Waals surface area contributed by atoms with Crippen molar-refractivity contribution in [2.75, 3.05) is 6.61 Å². The Morgan fingerprint density at radius 3 is 2.00 bits per heavy atom. The minimum Gasteiger partial charge on any atom is -0.444 e. The van der Waals surface area contributed by atoms with Gasteiger partial charge in [0.15, 0.2) is 6.61 Å². The van der Waals surface area contributed by atoms with Crippen LogP contribution in [0.5, 0.6) is 0 Å². The minimum atomic E-state index is -1.04. The van der Waals surface area contributed by atoms with Crippen molar-refractivity contribution in [1.29, 1.82) is 0 Å². The molecule has 1 atom stereocenters. The number of rotatable bonds is 8. The second-order valence-corrected chi connectivity index (χ2v) is 8.34. The van der Waals surface area contributed by atoms with E-state index < -0.39 is 42.3 Å². The van der Waals surface area contributed by atoms with E-state index >= 15 is 0 Å². The highest BCUT2D eigenvalue weighted by Crippen LogP contribution is 2.08. The number of ether oxygens (including phenoxy) is 2. The van der Waals surface area contributed by atoms with Crippen molar-refractivity contribution >= 4 is 24.0 Å². The Morgan fingerprint density at radius 1 is 0.824 bits per heavy atom. The summed E-state index contributed by atoms with van der Waals surface area (Å²) in [6.07, 6.45) is -1.65. The van der Waals surface area contributed by atoms with E-state index in [1.807, 2.05) is 36.4 Å². The van der Waals surface area contributed by atoms with Crippen LogP contribution in [-0.4, -0.2) is 42.3 Å². The first-order valence-electron chi connectivity index (χ1n) is 10.7. The van der Waals surface area contributed by atoms with Gasteiger partial charge in [-0.15, -0.1) is 0 Å². The van der Waals surface area contributed by atoms with Gasteiger partial charge in [-0.1, -0.05) is 60.7 Å². The van der Waals surface area contributed by atoms with Crippen molar-refractivity contribution in [2.24, 2.45) is 0 Å². The second-order valence-electron chi connectivity index (χ2n) is 8.34. The van der Waals surface area contributed by atoms with Crippen LogP contribution in [0.25, 0.3) is 0 Å². The van der Waals surface area contributed by atoms with Gasteiger partial charge in [-0.05, 0) is 31.9 Å². The number of nitrogens with one attached hydrogen (secondary N) is 4. The molecule has 2 aromatic carbocycles. The lowest BCUT2D eigenvalue weighted by molar-refractivity contribution is -0.124. The van der Waals surface area contributed by atoms with Crippen molar-refractivity contribution < 1.29 is 28.7 Å². The van der Waals surface area contributed by atoms with Crippen LogP contribution >= 0.6 is 0 Å². The molecule has 0 radical (unpaired) electrons. The lowest BCUT2D eigenvalue weighted by Crippen LogP contribution is -2.54. The topological polar surface area (TPSA) is 135 Å². The minimum absolute atomic E-state index is 0.157. The molecular weight excluding hydrogens is 440 g/mol. The van der Waals surface area contributed by atoms with Gasteiger partial charge in [0, 0.05) is 13.0 Å². The first kappa shape index (κ1) is 26.2. The first-order chi connectivity index (χ1) is 16.1. The molecule has 0 aliphatic heterocycles. The van der Waals surface area contributed by atoms with Crippen LogP contribution in [0.3, 0.4) is 0 Å². The third-order valence-electron chi connectivity index (χ3n) is 4.24. The Morgan fingerprint density at radius 2 is 1.41 bits per heavy atom. The Kier molecular flexibility index (Phi) is 9.88. The van der Waals surface area contributed by atoms with E-state index in [0.29, 0.717) is 6.54 Å². The van der Waals surface area contributed by atoms with Crippen LogP contribution in [-0.2, 0) is 32.0 Å². The summed E-state index contributed by atoms with van der Waals surface area (Å²) in [6, 6.07) is 17.2. The molecule has 2 aromatic rings. The fourth-order valence-corrected chi connectivity index (χ4v) is 2.72. The first-order valence-corrected chi connectivity index (χ1v) is 10.7. The molecule has 0 saturated heterocycles. The molecule has 4 N–H and O–H groups in total. The standard InChI is InChI=1S/C24H30N4O6/c1-24(2,3)34-22(31)26-19(14-17-10-6-4-7-11-17)21(30)27-28-23(32)33-16-20(29)25-15-18-12-8-5-9-13-18/h4-13,19H,14-16H2,1-3H3,(H,25,29)(H,26,31)(H,27,30)(H,28,32)/t19-/m0/s1. The predicted octanol–water partition coefficient (Wildman–Crippen LogP) is 2.20. The Bertz CT molecular complexity index is 960. The third kappa shape index (κ3) is 10.5. The summed E-state index contributed by atoms with van der Waals surface area (Å²) >= 11 is 0. The molecule has 0 fully saturated rings. The van der Waals surface area contributed by atoms with E-state index in [4.69, 9.17) is 9.47 Å². The molecule has 182 valence electrons. The zero-order chi connectivity index (χ0) is 25.0. The van der Waals surface area contributed by atoms with Gasteiger partial charge in [0.05, 0.1) is 0 Å². The number of carbonyl (C=O) groups is 4. The molecule has 0 unspecified atom stereocenters. The molecule has 0 aromatic heterocycles. The number of alkyl carbamates (subject to hydrolysis) is 1. The maximum atomic E-state index is 12.6. The molecule has 2 rings (SSSR count). The largest absolute Gasteiger partial charge is 0.444 e. The Balaban J connectivity index is 1.82. The maximum Gasteiger partial charge on any atom is 0.426 e. The van der Waals surface area contributed by atoms with Crippen molar-refractivity contribution in [1.82, 2.24) is 21.5 Å². The Labute approximate surface area is 198 Å². The second kappa shape index (κ2) is 12.8. The molecule has 0 aliphatic rings. The zero-order valence-electron chi connectivity index (χ0n) is 19.4. The molecule has 4 amide bonds. The fraction of sp³-hybridized carbons (Fsp3) is 0.333. The highest BCUT2D eigenvalue weighted by molar-refractivity contribution is 5.87. The maximum absolute atomic E-state index is 12.6. The molecule has 10 nitrogen and oxygen atoms in total. The van der Waals surface area contributed by atoms with E-state index in [2.05, 4.69) is 21.5 Å². The van der Waals surface area contributed by atoms with Crippen molar-refractivity contribution in [3.63, 3.8) is 0 Å². The quantitative estimate of drug-likeness (QED) is 0.437. The number of hydrazine groups is 1. The average molecular weight is 471 g/mol. The summed E-state index contributed by atoms with van der Waals surface area (Å²) < 4.78 is 10.0. The van der Waals surface area contributed by atoms with E-state index in [-0.39, 0.29) is 6.42 Å². The number of hydrogen-bond acceptors (Lipinski definition) is 6. The van der Waals surface area contributed by atoms with Crippen LogP contribution in [0, 0.1) is 0 Å². The lowest BCUT2D eigenvalue weighted by atomic mass is 10.1. The van der Waals surface area contributed by atoms with Crippen LogP contribution in [0.2, 0.25) is 0 Å². The molecular formula is C24H30N4O6. The van der Waals surface area contributed by atoms with Gasteiger partial charge in [0.25, 0.3) is 11.8 Å². The Hall–Kier alpha value is -4.08. The van der Waals surface area contributed by atoms with Gasteiger partial charge in [0.1, 0.15) is 11.6 Å². The summed E-state index contributed by atoms with van der Waals surface area (Å²) in [5.74, 6) is -1.20. The molecule has 0 bridgehead atoms. The van der Waals surface area contributed by atoms with E-state index in [0.717, 1.165) is 11.1 Å². The van der Waals surface area contributed by atoms with Gasteiger partial charge >= 0.3 is 12.2 Å². The summed E-state index contributed by atoms with van der Waals surface area (Å²) in [4.78, 5) is 48.5. The lowest BCUT2D eigenvalue weighted by Gasteiger charge is -2.23. The number of amides is 4. The van der Waals surface area contributed by atoms with Gasteiger partial charge < -0.3 is 20.1 Å². The summed E-state index contributed by atoms with van der Waals surface area (Å²) in [5.41, 5.74) is 5.19. The van der Waals surface area contributed by atoms with Crippen LogP contribution in [0.15, 0.2) is 60.7 Å². The number of hydrogen-bond donors (Lipinski definition) is 4. The molecule has 10 heteroatoms. The average Bonchev–Trinajstić information content (AvgIpc) is 2.79. The van der Waals surface area contributed by atoms with Crippen molar-refractivity contribution in [3.8, 4) is 0 Å². The number of carbonyl (C=O) groups excluding carboxylic acids is 4. The van der Waals surface area contributed by atoms with Crippen LogP contribution in [0.1, 0.15) is 31.9 Å². The normalized spacial score (nSPS) is 11.5. The molecule has 34 heavy (non-hydrogen) atoms. The molecule has 0 aliphatic carbocycles. The van der Waals surface area contributed by atoms with Crippen LogP contribution < -0.4 is 21.5 Å².